The second kappa shape index (κ2) is 4.10. The SMILES string of the molecule is Cc1cc(/C=C/CO)cc(C)c1N. The van der Waals surface area contributed by atoms with Gasteiger partial charge in [-0.2, -0.15) is 0 Å². The Balaban J connectivity index is 3.06. The average molecular weight is 177 g/mol. The highest BCUT2D eigenvalue weighted by Gasteiger charge is 1.98. The second-order valence-corrected chi connectivity index (χ2v) is 3.15. The van der Waals surface area contributed by atoms with Gasteiger partial charge in [0.05, 0.1) is 6.61 Å². The van der Waals surface area contributed by atoms with Crippen LogP contribution >= 0.6 is 0 Å². The van der Waals surface area contributed by atoms with Gasteiger partial charge in [0.1, 0.15) is 0 Å². The Hall–Kier alpha value is -1.28. The molecule has 1 aromatic carbocycles. The molecule has 0 aliphatic heterocycles. The standard InChI is InChI=1S/C11H15NO/c1-8-6-10(4-3-5-13)7-9(2)11(8)12/h3-4,6-7,13H,5,12H2,1-2H3/b4-3+. The smallest absolute Gasteiger partial charge is 0.0615 e. The van der Waals surface area contributed by atoms with Gasteiger partial charge in [-0.3, -0.25) is 0 Å². The lowest BCUT2D eigenvalue weighted by Crippen LogP contribution is -1.94. The minimum Gasteiger partial charge on any atom is -0.398 e. The third-order valence-electron chi connectivity index (χ3n) is 2.03. The van der Waals surface area contributed by atoms with E-state index >= 15 is 0 Å². The number of rotatable bonds is 2. The maximum atomic E-state index is 8.61. The van der Waals surface area contributed by atoms with Crippen LogP contribution in [0.1, 0.15) is 16.7 Å². The monoisotopic (exact) mass is 177 g/mol. The van der Waals surface area contributed by atoms with Crippen molar-refractivity contribution in [2.75, 3.05) is 12.3 Å². The number of benzene rings is 1. The molecule has 0 spiro atoms. The molecule has 1 rings (SSSR count). The molecule has 13 heavy (non-hydrogen) atoms. The van der Waals surface area contributed by atoms with E-state index < -0.39 is 0 Å². The zero-order valence-electron chi connectivity index (χ0n) is 8.04. The van der Waals surface area contributed by atoms with E-state index in [2.05, 4.69) is 0 Å². The largest absolute Gasteiger partial charge is 0.398 e. The van der Waals surface area contributed by atoms with Crippen LogP contribution in [0.5, 0.6) is 0 Å². The third-order valence-corrected chi connectivity index (χ3v) is 2.03. The molecule has 0 aliphatic carbocycles. The van der Waals surface area contributed by atoms with Crippen LogP contribution in [-0.4, -0.2) is 11.7 Å². The lowest BCUT2D eigenvalue weighted by Gasteiger charge is -2.05. The topological polar surface area (TPSA) is 46.2 Å². The fraction of sp³-hybridized carbons (Fsp3) is 0.273. The highest BCUT2D eigenvalue weighted by Crippen LogP contribution is 2.19. The van der Waals surface area contributed by atoms with Crippen molar-refractivity contribution in [3.8, 4) is 0 Å². The first-order valence-electron chi connectivity index (χ1n) is 4.29. The number of nitrogen functional groups attached to an aromatic ring is 1. The molecule has 0 saturated carbocycles. The third kappa shape index (κ3) is 2.33. The summed E-state index contributed by atoms with van der Waals surface area (Å²) in [6, 6.07) is 4.02. The zero-order chi connectivity index (χ0) is 9.84. The summed E-state index contributed by atoms with van der Waals surface area (Å²) in [5, 5.41) is 8.61. The van der Waals surface area contributed by atoms with E-state index in [0.29, 0.717) is 0 Å². The van der Waals surface area contributed by atoms with Crippen LogP contribution in [0.4, 0.5) is 5.69 Å². The van der Waals surface area contributed by atoms with E-state index in [1.807, 2.05) is 32.1 Å². The number of anilines is 1. The summed E-state index contributed by atoms with van der Waals surface area (Å²) in [5.74, 6) is 0. The van der Waals surface area contributed by atoms with Crippen molar-refractivity contribution in [2.45, 2.75) is 13.8 Å². The van der Waals surface area contributed by atoms with Crippen molar-refractivity contribution in [3.05, 3.63) is 34.9 Å². The van der Waals surface area contributed by atoms with Gasteiger partial charge in [-0.05, 0) is 42.7 Å². The first kappa shape index (κ1) is 9.81. The molecule has 0 aromatic heterocycles. The van der Waals surface area contributed by atoms with E-state index in [0.717, 1.165) is 22.4 Å². The molecule has 70 valence electrons. The summed E-state index contributed by atoms with van der Waals surface area (Å²) in [4.78, 5) is 0. The normalized spacial score (nSPS) is 11.0. The second-order valence-electron chi connectivity index (χ2n) is 3.15. The Labute approximate surface area is 78.7 Å². The first-order valence-corrected chi connectivity index (χ1v) is 4.29. The molecule has 0 radical (unpaired) electrons. The van der Waals surface area contributed by atoms with E-state index in [1.54, 1.807) is 6.08 Å². The van der Waals surface area contributed by atoms with Crippen LogP contribution in [-0.2, 0) is 0 Å². The minimum absolute atomic E-state index is 0.0719. The molecule has 3 N–H and O–H groups in total. The van der Waals surface area contributed by atoms with Gasteiger partial charge >= 0.3 is 0 Å². The fourth-order valence-corrected chi connectivity index (χ4v) is 1.29. The number of hydrogen-bond acceptors (Lipinski definition) is 2. The molecule has 0 fully saturated rings. The molecule has 0 heterocycles. The summed E-state index contributed by atoms with van der Waals surface area (Å²) in [5.41, 5.74) is 9.90. The van der Waals surface area contributed by atoms with Crippen LogP contribution in [0, 0.1) is 13.8 Å². The van der Waals surface area contributed by atoms with E-state index in [4.69, 9.17) is 10.8 Å². The van der Waals surface area contributed by atoms with Crippen molar-refractivity contribution in [1.29, 1.82) is 0 Å². The summed E-state index contributed by atoms with van der Waals surface area (Å²) < 4.78 is 0. The highest BCUT2D eigenvalue weighted by molar-refractivity contribution is 5.61. The molecule has 2 heteroatoms. The van der Waals surface area contributed by atoms with Gasteiger partial charge in [-0.1, -0.05) is 12.2 Å². The van der Waals surface area contributed by atoms with Crippen LogP contribution in [0.3, 0.4) is 0 Å². The minimum atomic E-state index is 0.0719. The predicted molar refractivity (Wildman–Crippen MR) is 56.4 cm³/mol. The quantitative estimate of drug-likeness (QED) is 0.678. The average Bonchev–Trinajstić information content (AvgIpc) is 2.10. The van der Waals surface area contributed by atoms with Gasteiger partial charge < -0.3 is 10.8 Å². The fourth-order valence-electron chi connectivity index (χ4n) is 1.29. The number of aliphatic hydroxyl groups excluding tert-OH is 1. The van der Waals surface area contributed by atoms with Gasteiger partial charge in [-0.25, -0.2) is 0 Å². The number of aryl methyl sites for hydroxylation is 2. The molecule has 1 aromatic rings. The zero-order valence-corrected chi connectivity index (χ0v) is 8.04. The van der Waals surface area contributed by atoms with Crippen molar-refractivity contribution < 1.29 is 5.11 Å². The number of nitrogens with two attached hydrogens (primary N) is 1. The molecule has 0 atom stereocenters. The number of hydrogen-bond donors (Lipinski definition) is 2. The lowest BCUT2D eigenvalue weighted by atomic mass is 10.0. The molecular weight excluding hydrogens is 162 g/mol. The molecule has 0 saturated heterocycles. The van der Waals surface area contributed by atoms with E-state index in [-0.39, 0.29) is 6.61 Å². The van der Waals surface area contributed by atoms with Crippen molar-refractivity contribution in [3.63, 3.8) is 0 Å². The Morgan fingerprint density at radius 3 is 2.31 bits per heavy atom. The summed E-state index contributed by atoms with van der Waals surface area (Å²) >= 11 is 0. The Bertz CT molecular complexity index is 306. The maximum absolute atomic E-state index is 8.61. The van der Waals surface area contributed by atoms with Gasteiger partial charge in [-0.15, -0.1) is 0 Å². The Morgan fingerprint density at radius 2 is 1.85 bits per heavy atom. The van der Waals surface area contributed by atoms with Crippen LogP contribution in [0.25, 0.3) is 6.08 Å². The first-order chi connectivity index (χ1) is 6.15. The van der Waals surface area contributed by atoms with Gasteiger partial charge in [0.25, 0.3) is 0 Å². The van der Waals surface area contributed by atoms with Crippen molar-refractivity contribution >= 4 is 11.8 Å². The summed E-state index contributed by atoms with van der Waals surface area (Å²) in [6.07, 6.45) is 3.60. The van der Waals surface area contributed by atoms with E-state index in [9.17, 15) is 0 Å². The molecule has 0 unspecified atom stereocenters. The maximum Gasteiger partial charge on any atom is 0.0615 e. The van der Waals surface area contributed by atoms with Gasteiger partial charge in [0.15, 0.2) is 0 Å². The van der Waals surface area contributed by atoms with Crippen molar-refractivity contribution in [2.24, 2.45) is 0 Å². The lowest BCUT2D eigenvalue weighted by molar-refractivity contribution is 0.343. The van der Waals surface area contributed by atoms with Gasteiger partial charge in [0.2, 0.25) is 0 Å². The summed E-state index contributed by atoms with van der Waals surface area (Å²) in [6.45, 7) is 4.04. The molecule has 0 amide bonds. The molecule has 2 nitrogen and oxygen atoms in total. The predicted octanol–water partition coefficient (Wildman–Crippen LogP) is 1.89. The van der Waals surface area contributed by atoms with Crippen molar-refractivity contribution in [1.82, 2.24) is 0 Å². The van der Waals surface area contributed by atoms with E-state index in [1.165, 1.54) is 0 Å². The van der Waals surface area contributed by atoms with Crippen LogP contribution in [0.2, 0.25) is 0 Å². The Morgan fingerprint density at radius 1 is 1.31 bits per heavy atom. The van der Waals surface area contributed by atoms with Crippen LogP contribution < -0.4 is 5.73 Å². The number of aliphatic hydroxyl groups is 1. The Kier molecular flexibility index (Phi) is 3.09. The van der Waals surface area contributed by atoms with Gasteiger partial charge in [0, 0.05) is 5.69 Å². The molecular formula is C11H15NO. The van der Waals surface area contributed by atoms with Crippen LogP contribution in [0.15, 0.2) is 18.2 Å². The highest BCUT2D eigenvalue weighted by atomic mass is 16.2. The molecule has 0 aliphatic rings. The summed E-state index contributed by atoms with van der Waals surface area (Å²) in [7, 11) is 0. The molecule has 0 bridgehead atoms.